The average Bonchev–Trinajstić information content (AvgIpc) is 3.42. The number of anilines is 1. The number of aromatic nitrogens is 2. The summed E-state index contributed by atoms with van der Waals surface area (Å²) in [5, 5.41) is 12.1. The Morgan fingerprint density at radius 1 is 0.955 bits per heavy atom. The van der Waals surface area contributed by atoms with Gasteiger partial charge in [-0.15, -0.1) is 0 Å². The van der Waals surface area contributed by atoms with Crippen molar-refractivity contribution in [1.29, 1.82) is 0 Å². The van der Waals surface area contributed by atoms with Crippen LogP contribution in [0.25, 0.3) is 22.7 Å². The van der Waals surface area contributed by atoms with Crippen molar-refractivity contribution in [3.05, 3.63) is 95.7 Å². The van der Waals surface area contributed by atoms with Crippen LogP contribution in [0.5, 0.6) is 0 Å². The van der Waals surface area contributed by atoms with Crippen LogP contribution in [-0.2, 0) is 14.3 Å². The maximum atomic E-state index is 13.6. The number of nitrogens with one attached hydrogen (secondary N) is 2. The quantitative estimate of drug-likeness (QED) is 0.162. The molecule has 2 aliphatic rings. The van der Waals surface area contributed by atoms with E-state index in [1.165, 1.54) is 31.0 Å². The highest BCUT2D eigenvalue weighted by atomic mass is 16.5. The van der Waals surface area contributed by atoms with Gasteiger partial charge >= 0.3 is 5.97 Å². The lowest BCUT2D eigenvalue weighted by Gasteiger charge is -2.40. The van der Waals surface area contributed by atoms with Gasteiger partial charge in [0.1, 0.15) is 5.54 Å². The first-order valence-electron chi connectivity index (χ1n) is 15.6. The second kappa shape index (κ2) is 12.9. The molecule has 44 heavy (non-hydrogen) atoms. The highest BCUT2D eigenvalue weighted by Crippen LogP contribution is 2.38. The molecule has 8 heteroatoms. The maximum absolute atomic E-state index is 13.6. The molecule has 0 unspecified atom stereocenters. The number of hydrogen-bond acceptors (Lipinski definition) is 5. The minimum absolute atomic E-state index is 0.235. The summed E-state index contributed by atoms with van der Waals surface area (Å²) in [6, 6.07) is 23.1. The zero-order chi connectivity index (χ0) is 30.5. The molecule has 4 aromatic rings. The molecule has 0 saturated heterocycles. The van der Waals surface area contributed by atoms with Gasteiger partial charge in [-0.2, -0.15) is 5.10 Å². The number of carbonyl (C=O) groups is 3. The van der Waals surface area contributed by atoms with Crippen LogP contribution in [0.15, 0.2) is 78.9 Å². The van der Waals surface area contributed by atoms with Gasteiger partial charge in [0, 0.05) is 28.6 Å². The van der Waals surface area contributed by atoms with E-state index in [2.05, 4.69) is 27.4 Å². The van der Waals surface area contributed by atoms with Gasteiger partial charge < -0.3 is 15.4 Å². The lowest BCUT2D eigenvalue weighted by atomic mass is 9.75. The predicted molar refractivity (Wildman–Crippen MR) is 172 cm³/mol. The van der Waals surface area contributed by atoms with Gasteiger partial charge in [0.05, 0.1) is 23.5 Å². The van der Waals surface area contributed by atoms with E-state index >= 15 is 0 Å². The summed E-state index contributed by atoms with van der Waals surface area (Å²) in [6.45, 7) is 2.08. The van der Waals surface area contributed by atoms with Gasteiger partial charge in [0.15, 0.2) is 0 Å². The molecule has 226 valence electrons. The van der Waals surface area contributed by atoms with Crippen LogP contribution in [0, 0.1) is 0 Å². The van der Waals surface area contributed by atoms with Gasteiger partial charge in [0.2, 0.25) is 5.91 Å². The summed E-state index contributed by atoms with van der Waals surface area (Å²) in [7, 11) is 0. The summed E-state index contributed by atoms with van der Waals surface area (Å²) < 4.78 is 6.97. The van der Waals surface area contributed by atoms with E-state index < -0.39 is 11.5 Å². The molecule has 8 nitrogen and oxygen atoms in total. The Hall–Kier alpha value is -4.72. The minimum Gasteiger partial charge on any atom is -0.463 e. The molecule has 2 fully saturated rings. The molecular weight excluding hydrogens is 552 g/mol. The lowest BCUT2D eigenvalue weighted by molar-refractivity contribution is -0.137. The molecule has 0 aliphatic heterocycles. The monoisotopic (exact) mass is 590 g/mol. The maximum Gasteiger partial charge on any atom is 0.330 e. The Bertz CT molecular complexity index is 1680. The van der Waals surface area contributed by atoms with Crippen molar-refractivity contribution in [3.63, 3.8) is 0 Å². The number of para-hydroxylation sites is 1. The third kappa shape index (κ3) is 6.16. The van der Waals surface area contributed by atoms with Gasteiger partial charge in [0.25, 0.3) is 5.91 Å². The molecular formula is C36H38N4O4. The highest BCUT2D eigenvalue weighted by Gasteiger charge is 2.45. The van der Waals surface area contributed by atoms with E-state index in [-0.39, 0.29) is 11.8 Å². The Kier molecular flexibility index (Phi) is 8.59. The number of benzene rings is 3. The van der Waals surface area contributed by atoms with E-state index in [4.69, 9.17) is 9.84 Å². The standard InChI is InChI=1S/C36H38N4O4/c1-2-44-32(41)21-16-25-14-18-28(19-15-25)37-35(43)36(22-9-23-36)38-34(42)27-17-20-30-31(24-27)39-40(29-12-7-4-8-13-29)33(30)26-10-5-3-6-11-26/h4,7-8,12-21,24,26H,2-3,5-6,9-11,22-23H2,1H3,(H,37,43)(H,38,42)/b21-16+. The van der Waals surface area contributed by atoms with Crippen molar-refractivity contribution in [1.82, 2.24) is 15.1 Å². The number of amides is 2. The topological polar surface area (TPSA) is 102 Å². The molecule has 2 N–H and O–H groups in total. The number of esters is 1. The van der Waals surface area contributed by atoms with Gasteiger partial charge in [-0.25, -0.2) is 9.48 Å². The smallest absolute Gasteiger partial charge is 0.330 e. The molecule has 1 aromatic heterocycles. The first kappa shape index (κ1) is 29.4. The van der Waals surface area contributed by atoms with E-state index in [0.29, 0.717) is 36.6 Å². The second-order valence-electron chi connectivity index (χ2n) is 11.8. The number of nitrogens with zero attached hydrogens (tertiary/aromatic N) is 2. The fraction of sp³-hybridized carbons (Fsp3) is 0.333. The Balaban J connectivity index is 1.19. The van der Waals surface area contributed by atoms with Crippen LogP contribution in [0.1, 0.15) is 85.8 Å². The molecule has 0 bridgehead atoms. The highest BCUT2D eigenvalue weighted by molar-refractivity contribution is 6.05. The normalized spacial score (nSPS) is 16.4. The zero-order valence-corrected chi connectivity index (χ0v) is 25.1. The molecule has 0 spiro atoms. The molecule has 2 aliphatic carbocycles. The van der Waals surface area contributed by atoms with E-state index in [9.17, 15) is 14.4 Å². The van der Waals surface area contributed by atoms with Gasteiger partial charge in [-0.1, -0.05) is 55.7 Å². The molecule has 0 radical (unpaired) electrons. The van der Waals surface area contributed by atoms with Crippen molar-refractivity contribution >= 4 is 40.4 Å². The third-order valence-electron chi connectivity index (χ3n) is 8.83. The van der Waals surface area contributed by atoms with Crippen molar-refractivity contribution in [2.45, 2.75) is 69.7 Å². The fourth-order valence-electron chi connectivity index (χ4n) is 6.29. The second-order valence-corrected chi connectivity index (χ2v) is 11.8. The van der Waals surface area contributed by atoms with E-state index in [1.54, 1.807) is 25.1 Å². The molecule has 3 aromatic carbocycles. The van der Waals surface area contributed by atoms with Crippen LogP contribution in [0.3, 0.4) is 0 Å². The minimum atomic E-state index is -0.967. The molecule has 6 rings (SSSR count). The Labute approximate surface area is 257 Å². The van der Waals surface area contributed by atoms with Crippen LogP contribution in [-0.4, -0.2) is 39.7 Å². The number of hydrogen-bond donors (Lipinski definition) is 2. The summed E-state index contributed by atoms with van der Waals surface area (Å²) in [6.07, 6.45) is 11.0. The predicted octanol–water partition coefficient (Wildman–Crippen LogP) is 6.94. The van der Waals surface area contributed by atoms with E-state index in [0.717, 1.165) is 41.4 Å². The molecule has 1 heterocycles. The van der Waals surface area contributed by atoms with E-state index in [1.807, 2.05) is 48.5 Å². The average molecular weight is 591 g/mol. The van der Waals surface area contributed by atoms with Crippen LogP contribution < -0.4 is 10.6 Å². The first-order chi connectivity index (χ1) is 21.5. The summed E-state index contributed by atoms with van der Waals surface area (Å²) >= 11 is 0. The summed E-state index contributed by atoms with van der Waals surface area (Å²) in [5.41, 5.74) is 3.96. The fourth-order valence-corrected chi connectivity index (χ4v) is 6.29. The Morgan fingerprint density at radius 3 is 2.39 bits per heavy atom. The van der Waals surface area contributed by atoms with Crippen LogP contribution in [0.2, 0.25) is 0 Å². The SMILES string of the molecule is CCOC(=O)/C=C/c1ccc(NC(=O)C2(NC(=O)c3ccc4c(C5CCCCC5)n(-c5ccccc5)nc4c3)CCC2)cc1. The van der Waals surface area contributed by atoms with Crippen molar-refractivity contribution in [2.75, 3.05) is 11.9 Å². The molecule has 2 saturated carbocycles. The number of ether oxygens (including phenoxy) is 1. The van der Waals surface area contributed by atoms with Crippen LogP contribution in [0.4, 0.5) is 5.69 Å². The number of fused-ring (bicyclic) bond motifs is 1. The number of rotatable bonds is 9. The first-order valence-corrected chi connectivity index (χ1v) is 15.6. The molecule has 2 amide bonds. The largest absolute Gasteiger partial charge is 0.463 e. The lowest BCUT2D eigenvalue weighted by Crippen LogP contribution is -2.61. The summed E-state index contributed by atoms with van der Waals surface area (Å²) in [4.78, 5) is 38.6. The molecule has 0 atom stereocenters. The Morgan fingerprint density at radius 2 is 1.70 bits per heavy atom. The van der Waals surface area contributed by atoms with Crippen LogP contribution >= 0.6 is 0 Å². The van der Waals surface area contributed by atoms with Crippen molar-refractivity contribution in [2.24, 2.45) is 0 Å². The van der Waals surface area contributed by atoms with Gasteiger partial charge in [-0.05, 0) is 87.1 Å². The third-order valence-corrected chi connectivity index (χ3v) is 8.83. The number of carbonyl (C=O) groups excluding carboxylic acids is 3. The summed E-state index contributed by atoms with van der Waals surface area (Å²) in [5.74, 6) is -0.491. The van der Waals surface area contributed by atoms with Crippen molar-refractivity contribution < 1.29 is 19.1 Å². The van der Waals surface area contributed by atoms with Gasteiger partial charge in [-0.3, -0.25) is 9.59 Å². The zero-order valence-electron chi connectivity index (χ0n) is 25.1. The van der Waals surface area contributed by atoms with Crippen molar-refractivity contribution in [3.8, 4) is 5.69 Å².